The highest BCUT2D eigenvalue weighted by atomic mass is 32.2. The van der Waals surface area contributed by atoms with Crippen LogP contribution in [0.1, 0.15) is 32.1 Å². The van der Waals surface area contributed by atoms with E-state index in [4.69, 9.17) is 0 Å². The molecule has 1 heterocycles. The van der Waals surface area contributed by atoms with Crippen LogP contribution in [0.15, 0.2) is 0 Å². The van der Waals surface area contributed by atoms with Gasteiger partial charge in [-0.15, -0.1) is 0 Å². The van der Waals surface area contributed by atoms with E-state index in [1.807, 2.05) is 0 Å². The van der Waals surface area contributed by atoms with E-state index < -0.39 is 16.3 Å². The Morgan fingerprint density at radius 3 is 2.44 bits per heavy atom. The average molecular weight is 248 g/mol. The number of rotatable bonds is 5. The van der Waals surface area contributed by atoms with Gasteiger partial charge >= 0.3 is 0 Å². The highest BCUT2D eigenvalue weighted by Crippen LogP contribution is 2.32. The third-order valence-electron chi connectivity index (χ3n) is 3.30. The summed E-state index contributed by atoms with van der Waals surface area (Å²) < 4.78 is 27.7. The fourth-order valence-corrected chi connectivity index (χ4v) is 3.34. The highest BCUT2D eigenvalue weighted by Gasteiger charge is 2.31. The second kappa shape index (κ2) is 5.00. The van der Waals surface area contributed by atoms with Crippen molar-refractivity contribution in [2.45, 2.75) is 38.2 Å². The Hall–Kier alpha value is -0.170. The van der Waals surface area contributed by atoms with Gasteiger partial charge in [-0.2, -0.15) is 17.4 Å². The topological polar surface area (TPSA) is 69.6 Å². The third-order valence-corrected chi connectivity index (χ3v) is 4.87. The van der Waals surface area contributed by atoms with Crippen LogP contribution in [0.5, 0.6) is 0 Å². The molecule has 16 heavy (non-hydrogen) atoms. The van der Waals surface area contributed by atoms with Gasteiger partial charge in [0.2, 0.25) is 0 Å². The molecular weight excluding hydrogens is 228 g/mol. The maximum absolute atomic E-state index is 11.8. The lowest BCUT2D eigenvalue weighted by Gasteiger charge is -2.26. The molecule has 94 valence electrons. The molecule has 2 rings (SSSR count). The minimum absolute atomic E-state index is 0.156. The van der Waals surface area contributed by atoms with Crippen molar-refractivity contribution in [3.8, 4) is 0 Å². The number of piperidine rings is 1. The summed E-state index contributed by atoms with van der Waals surface area (Å²) in [5.74, 6) is 0.309. The number of nitrogens with zero attached hydrogens (tertiary/aromatic N) is 1. The summed E-state index contributed by atoms with van der Waals surface area (Å²) in [7, 11) is -3.36. The first-order valence-corrected chi connectivity index (χ1v) is 7.46. The van der Waals surface area contributed by atoms with Gasteiger partial charge in [0.15, 0.2) is 0 Å². The summed E-state index contributed by atoms with van der Waals surface area (Å²) >= 11 is 0. The minimum Gasteiger partial charge on any atom is -0.391 e. The summed E-state index contributed by atoms with van der Waals surface area (Å²) in [4.78, 5) is 0. The van der Waals surface area contributed by atoms with E-state index in [1.165, 1.54) is 4.31 Å². The van der Waals surface area contributed by atoms with E-state index in [0.29, 0.717) is 19.0 Å². The monoisotopic (exact) mass is 248 g/mol. The standard InChI is InChI=1S/C10H20N2O3S/c13-10(9-4-5-9)8-11-16(14,15)12-6-2-1-3-7-12/h9-11,13H,1-8H2/t10-/m0/s1. The first-order valence-electron chi connectivity index (χ1n) is 6.02. The molecule has 1 atom stereocenters. The number of nitrogens with one attached hydrogen (secondary N) is 1. The molecule has 1 aliphatic heterocycles. The fraction of sp³-hybridized carbons (Fsp3) is 1.00. The van der Waals surface area contributed by atoms with Crippen molar-refractivity contribution in [1.82, 2.24) is 9.03 Å². The van der Waals surface area contributed by atoms with Crippen LogP contribution in [0.4, 0.5) is 0 Å². The third kappa shape index (κ3) is 3.16. The molecule has 2 N–H and O–H groups in total. The molecule has 6 heteroatoms. The van der Waals surface area contributed by atoms with E-state index in [1.54, 1.807) is 0 Å². The second-order valence-electron chi connectivity index (χ2n) is 4.72. The summed E-state index contributed by atoms with van der Waals surface area (Å²) in [5, 5.41) is 9.61. The van der Waals surface area contributed by atoms with Crippen molar-refractivity contribution in [2.75, 3.05) is 19.6 Å². The minimum atomic E-state index is -3.36. The zero-order chi connectivity index (χ0) is 11.6. The van der Waals surface area contributed by atoms with Crippen molar-refractivity contribution in [2.24, 2.45) is 5.92 Å². The van der Waals surface area contributed by atoms with Crippen molar-refractivity contribution in [3.05, 3.63) is 0 Å². The summed E-state index contributed by atoms with van der Waals surface area (Å²) in [5.41, 5.74) is 0. The van der Waals surface area contributed by atoms with Crippen LogP contribution in [-0.4, -0.2) is 43.6 Å². The number of hydrogen-bond acceptors (Lipinski definition) is 3. The Labute approximate surface area is 97.0 Å². The lowest BCUT2D eigenvalue weighted by atomic mass is 10.2. The van der Waals surface area contributed by atoms with Gasteiger partial charge in [0.25, 0.3) is 10.2 Å². The first-order chi connectivity index (χ1) is 7.59. The fourth-order valence-electron chi connectivity index (χ4n) is 2.03. The summed E-state index contributed by atoms with van der Waals surface area (Å²) in [6.07, 6.45) is 4.51. The first kappa shape index (κ1) is 12.3. The van der Waals surface area contributed by atoms with Crippen LogP contribution in [0.3, 0.4) is 0 Å². The van der Waals surface area contributed by atoms with E-state index >= 15 is 0 Å². The summed E-state index contributed by atoms with van der Waals surface area (Å²) in [6.45, 7) is 1.37. The molecule has 2 fully saturated rings. The van der Waals surface area contributed by atoms with Gasteiger partial charge < -0.3 is 5.11 Å². The number of hydrogen-bond donors (Lipinski definition) is 2. The zero-order valence-electron chi connectivity index (χ0n) is 9.43. The Balaban J connectivity index is 1.81. The van der Waals surface area contributed by atoms with E-state index in [0.717, 1.165) is 32.1 Å². The van der Waals surface area contributed by atoms with E-state index in [-0.39, 0.29) is 6.54 Å². The summed E-state index contributed by atoms with van der Waals surface area (Å²) in [6, 6.07) is 0. The maximum Gasteiger partial charge on any atom is 0.279 e. The molecule has 0 amide bonds. The normalized spacial score (nSPS) is 25.6. The molecule has 1 saturated carbocycles. The Morgan fingerprint density at radius 1 is 1.25 bits per heavy atom. The van der Waals surface area contributed by atoms with Crippen LogP contribution in [0.25, 0.3) is 0 Å². The van der Waals surface area contributed by atoms with Gasteiger partial charge in [-0.3, -0.25) is 0 Å². The molecule has 2 aliphatic rings. The van der Waals surface area contributed by atoms with Gasteiger partial charge in [0.1, 0.15) is 0 Å². The molecule has 0 aromatic heterocycles. The largest absolute Gasteiger partial charge is 0.391 e. The second-order valence-corrected chi connectivity index (χ2v) is 6.47. The van der Waals surface area contributed by atoms with Crippen molar-refractivity contribution in [1.29, 1.82) is 0 Å². The predicted octanol–water partition coefficient (Wildman–Crippen LogP) is 0.0776. The van der Waals surface area contributed by atoms with Gasteiger partial charge in [0, 0.05) is 19.6 Å². The van der Waals surface area contributed by atoms with Crippen molar-refractivity contribution in [3.63, 3.8) is 0 Å². The van der Waals surface area contributed by atoms with Crippen LogP contribution < -0.4 is 4.72 Å². The lowest BCUT2D eigenvalue weighted by molar-refractivity contribution is 0.154. The molecule has 0 aromatic rings. The molecule has 0 bridgehead atoms. The Bertz CT molecular complexity index is 321. The van der Waals surface area contributed by atoms with Crippen LogP contribution in [0.2, 0.25) is 0 Å². The van der Waals surface area contributed by atoms with Gasteiger partial charge in [-0.1, -0.05) is 6.42 Å². The average Bonchev–Trinajstić information content (AvgIpc) is 3.11. The van der Waals surface area contributed by atoms with Gasteiger partial charge in [0.05, 0.1) is 6.10 Å². The molecule has 1 saturated heterocycles. The molecule has 0 unspecified atom stereocenters. The molecular formula is C10H20N2O3S. The molecule has 0 spiro atoms. The van der Waals surface area contributed by atoms with Gasteiger partial charge in [-0.05, 0) is 31.6 Å². The van der Waals surface area contributed by atoms with E-state index in [9.17, 15) is 13.5 Å². The van der Waals surface area contributed by atoms with Crippen LogP contribution in [-0.2, 0) is 10.2 Å². The molecule has 1 aliphatic carbocycles. The smallest absolute Gasteiger partial charge is 0.279 e. The van der Waals surface area contributed by atoms with Crippen LogP contribution >= 0.6 is 0 Å². The van der Waals surface area contributed by atoms with Crippen LogP contribution in [0, 0.1) is 5.92 Å². The van der Waals surface area contributed by atoms with Crippen molar-refractivity contribution < 1.29 is 13.5 Å². The Morgan fingerprint density at radius 2 is 1.88 bits per heavy atom. The number of aliphatic hydroxyl groups excluding tert-OH is 1. The zero-order valence-corrected chi connectivity index (χ0v) is 10.2. The predicted molar refractivity (Wildman–Crippen MR) is 61.1 cm³/mol. The maximum atomic E-state index is 11.8. The number of aliphatic hydroxyl groups is 1. The van der Waals surface area contributed by atoms with Gasteiger partial charge in [-0.25, -0.2) is 0 Å². The molecule has 5 nitrogen and oxygen atoms in total. The molecule has 0 aromatic carbocycles. The highest BCUT2D eigenvalue weighted by molar-refractivity contribution is 7.87. The SMILES string of the molecule is O=S(=O)(NC[C@H](O)C1CC1)N1CCCCC1. The van der Waals surface area contributed by atoms with E-state index in [2.05, 4.69) is 4.72 Å². The Kier molecular flexibility index (Phi) is 3.84. The quantitative estimate of drug-likeness (QED) is 0.724. The van der Waals surface area contributed by atoms with Crippen molar-refractivity contribution >= 4 is 10.2 Å². The lowest BCUT2D eigenvalue weighted by Crippen LogP contribution is -2.45. The molecule has 0 radical (unpaired) electrons.